The van der Waals surface area contributed by atoms with Crippen molar-refractivity contribution in [1.82, 2.24) is 0 Å². The molecule has 3 heteroatoms. The zero-order valence-corrected chi connectivity index (χ0v) is 9.26. The van der Waals surface area contributed by atoms with Gasteiger partial charge in [-0.3, -0.25) is 0 Å². The van der Waals surface area contributed by atoms with Crippen molar-refractivity contribution in [3.8, 4) is 11.5 Å². The highest BCUT2D eigenvalue weighted by atomic mass is 32.2. The van der Waals surface area contributed by atoms with Crippen molar-refractivity contribution < 1.29 is 9.47 Å². The summed E-state index contributed by atoms with van der Waals surface area (Å²) in [6, 6.07) is 6.15. The normalized spacial score (nSPS) is 13.6. The Hall–Kier alpha value is -0.830. The van der Waals surface area contributed by atoms with Crippen LogP contribution in [0.1, 0.15) is 19.4 Å². The first-order chi connectivity index (χ1) is 6.75. The molecule has 1 aliphatic heterocycles. The number of hydrogen-bond donors (Lipinski definition) is 0. The Morgan fingerprint density at radius 3 is 2.86 bits per heavy atom. The fourth-order valence-electron chi connectivity index (χ4n) is 1.29. The summed E-state index contributed by atoms with van der Waals surface area (Å²) in [6.07, 6.45) is 0. The minimum Gasteiger partial charge on any atom is -0.454 e. The molecular weight excluding hydrogens is 196 g/mol. The number of rotatable bonds is 3. The fourth-order valence-corrected chi connectivity index (χ4v) is 2.00. The standard InChI is InChI=1S/C11H14O2S/c1-8(2)14-6-9-3-4-10-11(5-9)13-7-12-10/h3-5,8H,6-7H2,1-2H3. The molecule has 1 aliphatic rings. The molecule has 0 saturated heterocycles. The summed E-state index contributed by atoms with van der Waals surface area (Å²) in [5.41, 5.74) is 1.30. The summed E-state index contributed by atoms with van der Waals surface area (Å²) in [5.74, 6) is 2.78. The van der Waals surface area contributed by atoms with Crippen molar-refractivity contribution in [3.63, 3.8) is 0 Å². The molecule has 1 aromatic rings. The Morgan fingerprint density at radius 2 is 2.07 bits per heavy atom. The van der Waals surface area contributed by atoms with Crippen molar-refractivity contribution in [2.45, 2.75) is 24.9 Å². The molecule has 2 rings (SSSR count). The van der Waals surface area contributed by atoms with Gasteiger partial charge in [-0.25, -0.2) is 0 Å². The Balaban J connectivity index is 2.05. The van der Waals surface area contributed by atoms with Gasteiger partial charge in [0.2, 0.25) is 6.79 Å². The highest BCUT2D eigenvalue weighted by Gasteiger charge is 2.12. The van der Waals surface area contributed by atoms with E-state index >= 15 is 0 Å². The first-order valence-electron chi connectivity index (χ1n) is 4.76. The topological polar surface area (TPSA) is 18.5 Å². The van der Waals surface area contributed by atoms with E-state index in [0.29, 0.717) is 12.0 Å². The second-order valence-corrected chi connectivity index (χ2v) is 5.11. The molecule has 0 bridgehead atoms. The van der Waals surface area contributed by atoms with Crippen molar-refractivity contribution >= 4 is 11.8 Å². The molecular formula is C11H14O2S. The van der Waals surface area contributed by atoms with Gasteiger partial charge in [0.1, 0.15) is 0 Å². The van der Waals surface area contributed by atoms with Crippen LogP contribution in [0.4, 0.5) is 0 Å². The van der Waals surface area contributed by atoms with Crippen LogP contribution in [0.25, 0.3) is 0 Å². The van der Waals surface area contributed by atoms with E-state index in [1.165, 1.54) is 5.56 Å². The van der Waals surface area contributed by atoms with E-state index in [1.54, 1.807) is 0 Å². The van der Waals surface area contributed by atoms with Crippen molar-refractivity contribution in [2.24, 2.45) is 0 Å². The van der Waals surface area contributed by atoms with Gasteiger partial charge in [0.15, 0.2) is 11.5 Å². The lowest BCUT2D eigenvalue weighted by molar-refractivity contribution is 0.174. The van der Waals surface area contributed by atoms with Gasteiger partial charge in [-0.05, 0) is 22.9 Å². The zero-order chi connectivity index (χ0) is 9.97. The quantitative estimate of drug-likeness (QED) is 0.764. The van der Waals surface area contributed by atoms with Crippen molar-refractivity contribution in [1.29, 1.82) is 0 Å². The average molecular weight is 210 g/mol. The summed E-state index contributed by atoms with van der Waals surface area (Å²) < 4.78 is 10.6. The molecule has 0 saturated carbocycles. The van der Waals surface area contributed by atoms with Gasteiger partial charge in [0.05, 0.1) is 0 Å². The van der Waals surface area contributed by atoms with E-state index in [2.05, 4.69) is 26.0 Å². The molecule has 0 aromatic heterocycles. The monoisotopic (exact) mass is 210 g/mol. The number of hydrogen-bond acceptors (Lipinski definition) is 3. The molecule has 0 unspecified atom stereocenters. The molecule has 0 spiro atoms. The molecule has 0 N–H and O–H groups in total. The lowest BCUT2D eigenvalue weighted by Gasteiger charge is -2.05. The summed E-state index contributed by atoms with van der Waals surface area (Å²) >= 11 is 1.93. The molecule has 0 aliphatic carbocycles. The van der Waals surface area contributed by atoms with E-state index in [4.69, 9.17) is 9.47 Å². The summed E-state index contributed by atoms with van der Waals surface area (Å²) in [7, 11) is 0. The third kappa shape index (κ3) is 2.15. The molecule has 2 nitrogen and oxygen atoms in total. The van der Waals surface area contributed by atoms with Crippen LogP contribution < -0.4 is 9.47 Å². The Morgan fingerprint density at radius 1 is 1.29 bits per heavy atom. The maximum atomic E-state index is 5.31. The smallest absolute Gasteiger partial charge is 0.231 e. The highest BCUT2D eigenvalue weighted by Crippen LogP contribution is 2.33. The molecule has 0 atom stereocenters. The molecule has 1 aromatic carbocycles. The van der Waals surface area contributed by atoms with Crippen LogP contribution in [-0.2, 0) is 5.75 Å². The van der Waals surface area contributed by atoms with Crippen LogP contribution in [0, 0.1) is 0 Å². The van der Waals surface area contributed by atoms with Crippen LogP contribution in [0.5, 0.6) is 11.5 Å². The Labute approximate surface area is 88.6 Å². The number of ether oxygens (including phenoxy) is 2. The zero-order valence-electron chi connectivity index (χ0n) is 8.45. The molecule has 76 valence electrons. The third-order valence-corrected chi connectivity index (χ3v) is 3.19. The van der Waals surface area contributed by atoms with Crippen molar-refractivity contribution in [3.05, 3.63) is 23.8 Å². The second kappa shape index (κ2) is 4.13. The Kier molecular flexibility index (Phi) is 2.87. The van der Waals surface area contributed by atoms with Gasteiger partial charge >= 0.3 is 0 Å². The van der Waals surface area contributed by atoms with Gasteiger partial charge < -0.3 is 9.47 Å². The average Bonchev–Trinajstić information content (AvgIpc) is 2.61. The highest BCUT2D eigenvalue weighted by molar-refractivity contribution is 7.99. The fraction of sp³-hybridized carbons (Fsp3) is 0.455. The molecule has 14 heavy (non-hydrogen) atoms. The van der Waals surface area contributed by atoms with Gasteiger partial charge in [-0.1, -0.05) is 19.9 Å². The number of fused-ring (bicyclic) bond motifs is 1. The largest absolute Gasteiger partial charge is 0.454 e. The van der Waals surface area contributed by atoms with E-state index < -0.39 is 0 Å². The lowest BCUT2D eigenvalue weighted by Crippen LogP contribution is -1.93. The summed E-state index contributed by atoms with van der Waals surface area (Å²) in [4.78, 5) is 0. The molecule has 0 amide bonds. The van der Waals surface area contributed by atoms with Gasteiger partial charge in [0.25, 0.3) is 0 Å². The minimum absolute atomic E-state index is 0.357. The predicted octanol–water partition coefficient (Wildman–Crippen LogP) is 3.06. The summed E-state index contributed by atoms with van der Waals surface area (Å²) in [5, 5.41) is 0.667. The van der Waals surface area contributed by atoms with E-state index in [0.717, 1.165) is 17.3 Å². The number of thioether (sulfide) groups is 1. The predicted molar refractivity (Wildman–Crippen MR) is 59.0 cm³/mol. The third-order valence-electron chi connectivity index (χ3n) is 2.02. The van der Waals surface area contributed by atoms with Crippen LogP contribution in [0.3, 0.4) is 0 Å². The van der Waals surface area contributed by atoms with E-state index in [-0.39, 0.29) is 0 Å². The van der Waals surface area contributed by atoms with Crippen LogP contribution in [-0.4, -0.2) is 12.0 Å². The minimum atomic E-state index is 0.357. The summed E-state index contributed by atoms with van der Waals surface area (Å²) in [6.45, 7) is 4.77. The maximum absolute atomic E-state index is 5.31. The van der Waals surface area contributed by atoms with Crippen LogP contribution in [0.15, 0.2) is 18.2 Å². The molecule has 0 radical (unpaired) electrons. The SMILES string of the molecule is CC(C)SCc1ccc2c(c1)OCO2. The second-order valence-electron chi connectivity index (χ2n) is 3.55. The van der Waals surface area contributed by atoms with Crippen molar-refractivity contribution in [2.75, 3.05) is 6.79 Å². The molecule has 1 heterocycles. The van der Waals surface area contributed by atoms with E-state index in [9.17, 15) is 0 Å². The maximum Gasteiger partial charge on any atom is 0.231 e. The first-order valence-corrected chi connectivity index (χ1v) is 5.81. The van der Waals surface area contributed by atoms with Gasteiger partial charge in [-0.15, -0.1) is 0 Å². The number of benzene rings is 1. The lowest BCUT2D eigenvalue weighted by atomic mass is 10.2. The molecule has 0 fully saturated rings. The van der Waals surface area contributed by atoms with Crippen LogP contribution >= 0.6 is 11.8 Å². The van der Waals surface area contributed by atoms with Gasteiger partial charge in [-0.2, -0.15) is 11.8 Å². The van der Waals surface area contributed by atoms with Crippen LogP contribution in [0.2, 0.25) is 0 Å². The van der Waals surface area contributed by atoms with Gasteiger partial charge in [0, 0.05) is 5.75 Å². The Bertz CT molecular complexity index is 323. The van der Waals surface area contributed by atoms with E-state index in [1.807, 2.05) is 17.8 Å². The first kappa shape index (κ1) is 9.71.